The van der Waals surface area contributed by atoms with Gasteiger partial charge >= 0.3 is 29.6 Å². The van der Waals surface area contributed by atoms with Gasteiger partial charge in [0.05, 0.1) is 12.1 Å². The SMILES string of the molecule is COc1cc(Br)c(S(=O)[O-])cc1Cl.[Na+]. The Morgan fingerprint density at radius 1 is 1.57 bits per heavy atom. The van der Waals surface area contributed by atoms with Crippen molar-refractivity contribution in [1.29, 1.82) is 0 Å². The largest absolute Gasteiger partial charge is 1.00 e. The summed E-state index contributed by atoms with van der Waals surface area (Å²) in [5.74, 6) is 0.433. The normalized spacial score (nSPS) is 11.7. The van der Waals surface area contributed by atoms with Gasteiger partial charge in [-0.25, -0.2) is 0 Å². The molecule has 0 saturated carbocycles. The zero-order valence-electron chi connectivity index (χ0n) is 7.54. The number of hydrogen-bond acceptors (Lipinski definition) is 3. The van der Waals surface area contributed by atoms with Crippen molar-refractivity contribution in [2.45, 2.75) is 4.90 Å². The van der Waals surface area contributed by atoms with Crippen molar-refractivity contribution in [2.75, 3.05) is 7.11 Å². The number of benzene rings is 1. The first-order valence-electron chi connectivity index (χ1n) is 3.18. The van der Waals surface area contributed by atoms with E-state index in [1.165, 1.54) is 19.2 Å². The molecule has 1 aromatic carbocycles. The van der Waals surface area contributed by atoms with E-state index >= 15 is 0 Å². The number of rotatable bonds is 2. The maximum atomic E-state index is 10.6. The van der Waals surface area contributed by atoms with Gasteiger partial charge < -0.3 is 9.29 Å². The van der Waals surface area contributed by atoms with Crippen molar-refractivity contribution in [1.82, 2.24) is 0 Å². The van der Waals surface area contributed by atoms with Crippen LogP contribution in [-0.4, -0.2) is 15.9 Å². The molecule has 0 amide bonds. The maximum Gasteiger partial charge on any atom is 1.00 e. The van der Waals surface area contributed by atoms with Crippen LogP contribution in [-0.2, 0) is 11.1 Å². The fraction of sp³-hybridized carbons (Fsp3) is 0.143. The topological polar surface area (TPSA) is 49.4 Å². The Labute approximate surface area is 120 Å². The second kappa shape index (κ2) is 6.48. The van der Waals surface area contributed by atoms with Gasteiger partial charge in [-0.2, -0.15) is 0 Å². The molecule has 14 heavy (non-hydrogen) atoms. The Morgan fingerprint density at radius 2 is 2.14 bits per heavy atom. The smallest absolute Gasteiger partial charge is 0.768 e. The first-order chi connectivity index (χ1) is 6.06. The molecule has 3 nitrogen and oxygen atoms in total. The third-order valence-corrected chi connectivity index (χ3v) is 3.30. The summed E-state index contributed by atoms with van der Waals surface area (Å²) in [6.45, 7) is 0. The van der Waals surface area contributed by atoms with Crippen LogP contribution in [0.5, 0.6) is 5.75 Å². The molecule has 0 fully saturated rings. The summed E-state index contributed by atoms with van der Waals surface area (Å²) in [6.07, 6.45) is 0. The molecule has 1 rings (SSSR count). The molecule has 0 aliphatic heterocycles. The second-order valence-electron chi connectivity index (χ2n) is 2.15. The van der Waals surface area contributed by atoms with Crippen molar-refractivity contribution in [3.63, 3.8) is 0 Å². The van der Waals surface area contributed by atoms with Crippen LogP contribution in [0.25, 0.3) is 0 Å². The van der Waals surface area contributed by atoms with E-state index in [9.17, 15) is 8.76 Å². The Kier molecular flexibility index (Phi) is 6.89. The molecule has 0 aliphatic carbocycles. The van der Waals surface area contributed by atoms with Crippen molar-refractivity contribution in [2.24, 2.45) is 0 Å². The van der Waals surface area contributed by atoms with E-state index in [1.807, 2.05) is 0 Å². The van der Waals surface area contributed by atoms with Gasteiger partial charge in [0, 0.05) is 9.37 Å². The standard InChI is InChI=1S/C7H6BrClO3S.Na/c1-12-6-2-4(8)7(13(10)11)3-5(6)9;/h2-3H,1H3,(H,10,11);/q;+1/p-1. The second-order valence-corrected chi connectivity index (χ2v) is 4.32. The van der Waals surface area contributed by atoms with Gasteiger partial charge in [-0.15, -0.1) is 0 Å². The van der Waals surface area contributed by atoms with Gasteiger partial charge in [-0.1, -0.05) is 11.6 Å². The van der Waals surface area contributed by atoms with E-state index in [-0.39, 0.29) is 39.5 Å². The fourth-order valence-electron chi connectivity index (χ4n) is 0.794. The number of methoxy groups -OCH3 is 1. The van der Waals surface area contributed by atoms with E-state index in [0.717, 1.165) is 0 Å². The molecule has 0 radical (unpaired) electrons. The van der Waals surface area contributed by atoms with Crippen LogP contribution in [0.3, 0.4) is 0 Å². The quantitative estimate of drug-likeness (QED) is 0.539. The summed E-state index contributed by atoms with van der Waals surface area (Å²) in [5, 5.41) is 0.268. The van der Waals surface area contributed by atoms with Crippen LogP contribution < -0.4 is 34.3 Å². The van der Waals surface area contributed by atoms with E-state index in [4.69, 9.17) is 16.3 Å². The van der Waals surface area contributed by atoms with Crippen molar-refractivity contribution in [3.05, 3.63) is 21.6 Å². The number of ether oxygens (including phenoxy) is 1. The molecule has 0 spiro atoms. The average Bonchev–Trinajstić information content (AvgIpc) is 2.07. The van der Waals surface area contributed by atoms with Crippen LogP contribution in [0.15, 0.2) is 21.5 Å². The van der Waals surface area contributed by atoms with Gasteiger partial charge in [0.2, 0.25) is 0 Å². The first kappa shape index (κ1) is 14.9. The summed E-state index contributed by atoms with van der Waals surface area (Å²) in [7, 11) is 1.46. The minimum absolute atomic E-state index is 0. The van der Waals surface area contributed by atoms with Gasteiger partial charge in [0.25, 0.3) is 0 Å². The van der Waals surface area contributed by atoms with Gasteiger partial charge in [-0.05, 0) is 39.1 Å². The van der Waals surface area contributed by atoms with Crippen molar-refractivity contribution in [3.8, 4) is 5.75 Å². The minimum Gasteiger partial charge on any atom is -0.768 e. The van der Waals surface area contributed by atoms with Gasteiger partial charge in [-0.3, -0.25) is 4.21 Å². The summed E-state index contributed by atoms with van der Waals surface area (Å²) in [4.78, 5) is 0.116. The van der Waals surface area contributed by atoms with E-state index in [1.54, 1.807) is 0 Å². The molecular formula is C7H5BrClNaO3S. The molecule has 0 N–H and O–H groups in total. The Hall–Kier alpha value is 0.900. The molecule has 0 bridgehead atoms. The van der Waals surface area contributed by atoms with Crippen molar-refractivity contribution >= 4 is 38.6 Å². The molecule has 1 atom stereocenters. The van der Waals surface area contributed by atoms with Crippen LogP contribution in [0, 0.1) is 0 Å². The zero-order chi connectivity index (χ0) is 10.0. The number of halogens is 2. The molecule has 0 aromatic heterocycles. The molecule has 7 heteroatoms. The van der Waals surface area contributed by atoms with Crippen LogP contribution in [0.2, 0.25) is 5.02 Å². The van der Waals surface area contributed by atoms with Gasteiger partial charge in [0.15, 0.2) is 0 Å². The minimum atomic E-state index is -2.30. The third kappa shape index (κ3) is 3.48. The molecule has 72 valence electrons. The molecule has 1 aromatic rings. The first-order valence-corrected chi connectivity index (χ1v) is 5.43. The van der Waals surface area contributed by atoms with E-state index < -0.39 is 11.1 Å². The molecule has 0 heterocycles. The third-order valence-electron chi connectivity index (χ3n) is 1.39. The van der Waals surface area contributed by atoms with E-state index in [0.29, 0.717) is 10.2 Å². The average molecular weight is 308 g/mol. The fourth-order valence-corrected chi connectivity index (χ4v) is 2.25. The Morgan fingerprint density at radius 3 is 2.57 bits per heavy atom. The summed E-state index contributed by atoms with van der Waals surface area (Å²) in [6, 6.07) is 2.83. The van der Waals surface area contributed by atoms with Crippen molar-refractivity contribution < 1.29 is 43.1 Å². The van der Waals surface area contributed by atoms with Crippen LogP contribution in [0.1, 0.15) is 0 Å². The summed E-state index contributed by atoms with van der Waals surface area (Å²) >= 11 is 6.52. The number of hydrogen-bond donors (Lipinski definition) is 0. The van der Waals surface area contributed by atoms with Crippen LogP contribution in [0.4, 0.5) is 0 Å². The molecule has 0 aliphatic rings. The molecule has 1 unspecified atom stereocenters. The van der Waals surface area contributed by atoms with E-state index in [2.05, 4.69) is 15.9 Å². The zero-order valence-corrected chi connectivity index (χ0v) is 12.7. The molecule has 0 saturated heterocycles. The van der Waals surface area contributed by atoms with Gasteiger partial charge in [0.1, 0.15) is 5.75 Å². The predicted octanol–water partition coefficient (Wildman–Crippen LogP) is -0.647. The summed E-state index contributed by atoms with van der Waals surface area (Å²) < 4.78 is 26.6. The predicted molar refractivity (Wildman–Crippen MR) is 52.9 cm³/mol. The monoisotopic (exact) mass is 306 g/mol. The molecular weight excluding hydrogens is 302 g/mol. The Balaban J connectivity index is 0.00000169. The maximum absolute atomic E-state index is 10.6. The Bertz CT molecular complexity index is 361. The summed E-state index contributed by atoms with van der Waals surface area (Å²) in [5.41, 5.74) is 0. The van der Waals surface area contributed by atoms with Crippen LogP contribution >= 0.6 is 27.5 Å².